The van der Waals surface area contributed by atoms with Crippen LogP contribution in [-0.2, 0) is 22.5 Å². The molecule has 0 radical (unpaired) electrons. The molecule has 3 heterocycles. The number of rotatable bonds is 6. The number of fused-ring (bicyclic) bond motifs is 1. The zero-order valence-corrected chi connectivity index (χ0v) is 20.4. The molecular weight excluding hydrogens is 446 g/mol. The second-order valence-corrected chi connectivity index (χ2v) is 10.3. The standard InChI is InChI=1S/C28H31NO4S/c1-20-10-11-26(34-20)22-16-23-18-29(27(30)15-21-7-3-2-4-8-21)12-14-32-28(23)25(17-22)33-19-24-9-5-6-13-31-24/h2-4,7-8,10-11,16-17,24H,5-6,9,12-15,18-19H2,1H3/t24-/m1/s1. The van der Waals surface area contributed by atoms with Crippen LogP contribution in [0.4, 0.5) is 0 Å². The van der Waals surface area contributed by atoms with Gasteiger partial charge in [0.15, 0.2) is 11.5 Å². The highest BCUT2D eigenvalue weighted by atomic mass is 32.1. The van der Waals surface area contributed by atoms with Crippen LogP contribution < -0.4 is 9.47 Å². The predicted octanol–water partition coefficient (Wildman–Crippen LogP) is 5.64. The quantitative estimate of drug-likeness (QED) is 0.461. The summed E-state index contributed by atoms with van der Waals surface area (Å²) >= 11 is 1.76. The molecule has 0 aliphatic carbocycles. The van der Waals surface area contributed by atoms with Gasteiger partial charge in [-0.1, -0.05) is 30.3 Å². The molecule has 0 saturated carbocycles. The Balaban J connectivity index is 1.41. The van der Waals surface area contributed by atoms with Crippen molar-refractivity contribution >= 4 is 17.2 Å². The molecule has 2 aliphatic heterocycles. The van der Waals surface area contributed by atoms with E-state index in [4.69, 9.17) is 14.2 Å². The molecular formula is C28H31NO4S. The number of ether oxygens (including phenoxy) is 3. The van der Waals surface area contributed by atoms with Crippen molar-refractivity contribution in [3.63, 3.8) is 0 Å². The van der Waals surface area contributed by atoms with Gasteiger partial charge in [-0.3, -0.25) is 4.79 Å². The summed E-state index contributed by atoms with van der Waals surface area (Å²) in [5, 5.41) is 0. The maximum atomic E-state index is 13.1. The van der Waals surface area contributed by atoms with Crippen LogP contribution in [0.3, 0.4) is 0 Å². The van der Waals surface area contributed by atoms with Crippen molar-refractivity contribution in [2.24, 2.45) is 0 Å². The van der Waals surface area contributed by atoms with E-state index < -0.39 is 0 Å². The first-order valence-electron chi connectivity index (χ1n) is 12.1. The molecule has 1 amide bonds. The molecule has 5 rings (SSSR count). The van der Waals surface area contributed by atoms with Crippen LogP contribution in [0.2, 0.25) is 0 Å². The predicted molar refractivity (Wildman–Crippen MR) is 135 cm³/mol. The van der Waals surface area contributed by atoms with Crippen molar-refractivity contribution in [2.45, 2.75) is 45.3 Å². The van der Waals surface area contributed by atoms with Crippen LogP contribution in [-0.4, -0.2) is 43.3 Å². The van der Waals surface area contributed by atoms with E-state index in [0.29, 0.717) is 32.7 Å². The Morgan fingerprint density at radius 3 is 2.76 bits per heavy atom. The lowest BCUT2D eigenvalue weighted by Gasteiger charge is -2.24. The Labute approximate surface area is 205 Å². The van der Waals surface area contributed by atoms with Gasteiger partial charge >= 0.3 is 0 Å². The second kappa shape index (κ2) is 10.6. The maximum Gasteiger partial charge on any atom is 0.227 e. The fourth-order valence-corrected chi connectivity index (χ4v) is 5.39. The van der Waals surface area contributed by atoms with Crippen LogP contribution in [0.25, 0.3) is 10.4 Å². The number of benzene rings is 2. The van der Waals surface area contributed by atoms with E-state index in [1.54, 1.807) is 11.3 Å². The summed E-state index contributed by atoms with van der Waals surface area (Å²) in [6.45, 7) is 4.94. The normalized spacial score (nSPS) is 18.0. The lowest BCUT2D eigenvalue weighted by Crippen LogP contribution is -2.33. The third-order valence-electron chi connectivity index (χ3n) is 6.38. The van der Waals surface area contributed by atoms with E-state index in [-0.39, 0.29) is 12.0 Å². The molecule has 5 nitrogen and oxygen atoms in total. The molecule has 3 aromatic rings. The second-order valence-electron chi connectivity index (χ2n) is 9.00. The molecule has 1 atom stereocenters. The van der Waals surface area contributed by atoms with Gasteiger partial charge in [0.2, 0.25) is 5.91 Å². The van der Waals surface area contributed by atoms with Crippen molar-refractivity contribution in [2.75, 3.05) is 26.4 Å². The number of hydrogen-bond acceptors (Lipinski definition) is 5. The van der Waals surface area contributed by atoms with Crippen LogP contribution in [0.5, 0.6) is 11.5 Å². The molecule has 6 heteroatoms. The number of thiophene rings is 1. The first kappa shape index (κ1) is 22.9. The number of nitrogens with zero attached hydrogens (tertiary/aromatic N) is 1. The molecule has 1 aromatic heterocycles. The van der Waals surface area contributed by atoms with Crippen molar-refractivity contribution in [1.82, 2.24) is 4.90 Å². The van der Waals surface area contributed by atoms with Gasteiger partial charge in [-0.2, -0.15) is 0 Å². The summed E-state index contributed by atoms with van der Waals surface area (Å²) in [6, 6.07) is 18.4. The van der Waals surface area contributed by atoms with E-state index in [2.05, 4.69) is 31.2 Å². The van der Waals surface area contributed by atoms with Crippen molar-refractivity contribution < 1.29 is 19.0 Å². The Hall–Kier alpha value is -2.83. The molecule has 1 saturated heterocycles. The van der Waals surface area contributed by atoms with Gasteiger partial charge in [0.05, 0.1) is 19.1 Å². The molecule has 0 spiro atoms. The highest BCUT2D eigenvalue weighted by molar-refractivity contribution is 7.15. The number of carbonyl (C=O) groups is 1. The maximum absolute atomic E-state index is 13.1. The van der Waals surface area contributed by atoms with Gasteiger partial charge in [-0.05, 0) is 61.6 Å². The third kappa shape index (κ3) is 5.45. The fraction of sp³-hybridized carbons (Fsp3) is 0.393. The minimum absolute atomic E-state index is 0.109. The van der Waals surface area contributed by atoms with Crippen molar-refractivity contribution in [3.8, 4) is 21.9 Å². The van der Waals surface area contributed by atoms with Crippen LogP contribution in [0.1, 0.15) is 35.3 Å². The number of aryl methyl sites for hydroxylation is 1. The number of hydrogen-bond donors (Lipinski definition) is 0. The van der Waals surface area contributed by atoms with Gasteiger partial charge in [0.1, 0.15) is 13.2 Å². The fourth-order valence-electron chi connectivity index (χ4n) is 4.54. The minimum Gasteiger partial charge on any atom is -0.487 e. The van der Waals surface area contributed by atoms with Gasteiger partial charge < -0.3 is 19.1 Å². The molecule has 0 N–H and O–H groups in total. The van der Waals surface area contributed by atoms with E-state index in [1.165, 1.54) is 16.2 Å². The van der Waals surface area contributed by atoms with Gasteiger partial charge in [0, 0.05) is 28.5 Å². The van der Waals surface area contributed by atoms with Gasteiger partial charge in [-0.15, -0.1) is 11.3 Å². The zero-order chi connectivity index (χ0) is 23.3. The van der Waals surface area contributed by atoms with E-state index in [9.17, 15) is 4.79 Å². The third-order valence-corrected chi connectivity index (χ3v) is 7.42. The Morgan fingerprint density at radius 2 is 2.00 bits per heavy atom. The summed E-state index contributed by atoms with van der Waals surface area (Å²) < 4.78 is 18.4. The smallest absolute Gasteiger partial charge is 0.227 e. The highest BCUT2D eigenvalue weighted by Gasteiger charge is 2.25. The minimum atomic E-state index is 0.109. The Kier molecular flexibility index (Phi) is 7.16. The van der Waals surface area contributed by atoms with Crippen LogP contribution >= 0.6 is 11.3 Å². The van der Waals surface area contributed by atoms with E-state index >= 15 is 0 Å². The number of amides is 1. The summed E-state index contributed by atoms with van der Waals surface area (Å²) in [5.74, 6) is 1.60. The SMILES string of the molecule is Cc1ccc(-c2cc3c(c(OC[C@H]4CCCCO4)c2)OCCN(C(=O)Cc2ccccc2)C3)s1. The first-order valence-corrected chi connectivity index (χ1v) is 12.9. The molecule has 34 heavy (non-hydrogen) atoms. The summed E-state index contributed by atoms with van der Waals surface area (Å²) in [7, 11) is 0. The lowest BCUT2D eigenvalue weighted by molar-refractivity contribution is -0.131. The molecule has 0 unspecified atom stereocenters. The lowest BCUT2D eigenvalue weighted by atomic mass is 10.1. The average molecular weight is 478 g/mol. The zero-order valence-electron chi connectivity index (χ0n) is 19.6. The Morgan fingerprint density at radius 1 is 1.12 bits per heavy atom. The molecule has 1 fully saturated rings. The molecule has 0 bridgehead atoms. The Bertz CT molecular complexity index is 1120. The molecule has 178 valence electrons. The van der Waals surface area contributed by atoms with Crippen LogP contribution in [0.15, 0.2) is 54.6 Å². The van der Waals surface area contributed by atoms with Gasteiger partial charge in [-0.25, -0.2) is 0 Å². The average Bonchev–Trinajstić information content (AvgIpc) is 3.18. The van der Waals surface area contributed by atoms with E-state index in [0.717, 1.165) is 47.6 Å². The molecule has 2 aromatic carbocycles. The largest absolute Gasteiger partial charge is 0.487 e. The monoisotopic (exact) mass is 477 g/mol. The summed E-state index contributed by atoms with van der Waals surface area (Å²) in [6.07, 6.45) is 3.83. The van der Waals surface area contributed by atoms with E-state index in [1.807, 2.05) is 35.2 Å². The summed E-state index contributed by atoms with van der Waals surface area (Å²) in [5.41, 5.74) is 3.11. The van der Waals surface area contributed by atoms with Crippen molar-refractivity contribution in [3.05, 3.63) is 70.6 Å². The topological polar surface area (TPSA) is 48.0 Å². The number of carbonyl (C=O) groups excluding carboxylic acids is 1. The molecule has 2 aliphatic rings. The summed E-state index contributed by atoms with van der Waals surface area (Å²) in [4.78, 5) is 17.5. The van der Waals surface area contributed by atoms with Crippen molar-refractivity contribution in [1.29, 1.82) is 0 Å². The van der Waals surface area contributed by atoms with Gasteiger partial charge in [0.25, 0.3) is 0 Å². The van der Waals surface area contributed by atoms with Crippen LogP contribution in [0, 0.1) is 6.92 Å². The highest BCUT2D eigenvalue weighted by Crippen LogP contribution is 2.40. The first-order chi connectivity index (χ1) is 16.7.